The minimum absolute atomic E-state index is 0.177. The SMILES string of the molecule is O=Cc1cc(O)c2ccsc2c1. The highest BCUT2D eigenvalue weighted by atomic mass is 32.1. The Morgan fingerprint density at radius 2 is 2.25 bits per heavy atom. The second-order valence-corrected chi connectivity index (χ2v) is 3.44. The number of aromatic hydroxyl groups is 1. The maximum absolute atomic E-state index is 10.4. The number of fused-ring (bicyclic) bond motifs is 1. The van der Waals surface area contributed by atoms with Crippen LogP contribution in [0.15, 0.2) is 23.6 Å². The molecule has 3 heteroatoms. The van der Waals surface area contributed by atoms with Crippen LogP contribution >= 0.6 is 11.3 Å². The summed E-state index contributed by atoms with van der Waals surface area (Å²) in [7, 11) is 0. The smallest absolute Gasteiger partial charge is 0.150 e. The fourth-order valence-electron chi connectivity index (χ4n) is 1.14. The number of phenolic OH excluding ortho intramolecular Hbond substituents is 1. The van der Waals surface area contributed by atoms with Crippen LogP contribution in [0.25, 0.3) is 10.1 Å². The van der Waals surface area contributed by atoms with Gasteiger partial charge in [-0.2, -0.15) is 0 Å². The fourth-order valence-corrected chi connectivity index (χ4v) is 2.00. The monoisotopic (exact) mass is 178 g/mol. The molecule has 0 saturated carbocycles. The summed E-state index contributed by atoms with van der Waals surface area (Å²) in [6.45, 7) is 0. The van der Waals surface area contributed by atoms with Crippen LogP contribution in [0.2, 0.25) is 0 Å². The number of benzene rings is 1. The van der Waals surface area contributed by atoms with Crippen molar-refractivity contribution in [2.45, 2.75) is 0 Å². The van der Waals surface area contributed by atoms with Gasteiger partial charge in [-0.1, -0.05) is 0 Å². The van der Waals surface area contributed by atoms with Gasteiger partial charge >= 0.3 is 0 Å². The Kier molecular flexibility index (Phi) is 1.59. The summed E-state index contributed by atoms with van der Waals surface area (Å²) in [6.07, 6.45) is 0.735. The highest BCUT2D eigenvalue weighted by molar-refractivity contribution is 7.17. The molecule has 1 heterocycles. The first-order valence-electron chi connectivity index (χ1n) is 3.46. The number of carbonyl (C=O) groups excluding carboxylic acids is 1. The maximum Gasteiger partial charge on any atom is 0.150 e. The standard InChI is InChI=1S/C9H6O2S/c10-5-6-3-8(11)7-1-2-12-9(7)4-6/h1-5,11H. The Hall–Kier alpha value is -1.35. The van der Waals surface area contributed by atoms with Crippen molar-refractivity contribution in [3.8, 4) is 5.75 Å². The molecule has 0 amide bonds. The Balaban J connectivity index is 2.83. The van der Waals surface area contributed by atoms with Crippen molar-refractivity contribution in [1.82, 2.24) is 0 Å². The van der Waals surface area contributed by atoms with Crippen LogP contribution in [0.3, 0.4) is 0 Å². The van der Waals surface area contributed by atoms with Crippen molar-refractivity contribution in [1.29, 1.82) is 0 Å². The number of hydrogen-bond donors (Lipinski definition) is 1. The highest BCUT2D eigenvalue weighted by Crippen LogP contribution is 2.29. The van der Waals surface area contributed by atoms with Gasteiger partial charge in [0, 0.05) is 15.6 Å². The van der Waals surface area contributed by atoms with Crippen LogP contribution in [-0.2, 0) is 0 Å². The minimum atomic E-state index is 0.177. The van der Waals surface area contributed by atoms with E-state index in [1.165, 1.54) is 17.4 Å². The van der Waals surface area contributed by atoms with Gasteiger partial charge in [0.25, 0.3) is 0 Å². The maximum atomic E-state index is 10.4. The molecule has 1 N–H and O–H groups in total. The van der Waals surface area contributed by atoms with E-state index >= 15 is 0 Å². The van der Waals surface area contributed by atoms with Gasteiger partial charge in [0.15, 0.2) is 0 Å². The Labute approximate surface area is 73.1 Å². The lowest BCUT2D eigenvalue weighted by atomic mass is 10.2. The molecule has 12 heavy (non-hydrogen) atoms. The molecule has 0 unspecified atom stereocenters. The summed E-state index contributed by atoms with van der Waals surface area (Å²) in [6, 6.07) is 5.08. The van der Waals surface area contributed by atoms with E-state index in [1.54, 1.807) is 6.07 Å². The van der Waals surface area contributed by atoms with Gasteiger partial charge in [0.2, 0.25) is 0 Å². The third-order valence-corrected chi connectivity index (χ3v) is 2.57. The predicted molar refractivity (Wildman–Crippen MR) is 48.9 cm³/mol. The summed E-state index contributed by atoms with van der Waals surface area (Å²) < 4.78 is 0.942. The lowest BCUT2D eigenvalue weighted by Gasteiger charge is -1.95. The van der Waals surface area contributed by atoms with E-state index in [4.69, 9.17) is 0 Å². The fraction of sp³-hybridized carbons (Fsp3) is 0. The van der Waals surface area contributed by atoms with Gasteiger partial charge in [-0.3, -0.25) is 4.79 Å². The second kappa shape index (κ2) is 2.60. The van der Waals surface area contributed by atoms with Gasteiger partial charge in [-0.15, -0.1) is 11.3 Å². The number of rotatable bonds is 1. The van der Waals surface area contributed by atoms with E-state index in [1.807, 2.05) is 11.4 Å². The number of phenols is 1. The molecule has 0 aliphatic carbocycles. The van der Waals surface area contributed by atoms with Gasteiger partial charge < -0.3 is 5.11 Å². The van der Waals surface area contributed by atoms with Gasteiger partial charge in [-0.05, 0) is 23.6 Å². The van der Waals surface area contributed by atoms with Gasteiger partial charge in [0.1, 0.15) is 12.0 Å². The summed E-state index contributed by atoms with van der Waals surface area (Å²) in [5, 5.41) is 12.1. The molecular weight excluding hydrogens is 172 g/mol. The molecular formula is C9H6O2S. The quantitative estimate of drug-likeness (QED) is 0.681. The predicted octanol–water partition coefficient (Wildman–Crippen LogP) is 2.42. The third kappa shape index (κ3) is 0.987. The molecule has 0 radical (unpaired) electrons. The minimum Gasteiger partial charge on any atom is -0.507 e. The third-order valence-electron chi connectivity index (χ3n) is 1.71. The summed E-state index contributed by atoms with van der Waals surface area (Å²) in [4.78, 5) is 10.4. The first-order valence-corrected chi connectivity index (χ1v) is 4.34. The lowest BCUT2D eigenvalue weighted by molar-refractivity contribution is 0.112. The highest BCUT2D eigenvalue weighted by Gasteiger charge is 2.02. The molecule has 0 aliphatic rings. The first kappa shape index (κ1) is 7.31. The Bertz CT molecular complexity index is 431. The molecule has 2 aromatic rings. The van der Waals surface area contributed by atoms with Crippen LogP contribution in [0.5, 0.6) is 5.75 Å². The molecule has 0 atom stereocenters. The van der Waals surface area contributed by atoms with Crippen LogP contribution in [0.1, 0.15) is 10.4 Å². The molecule has 2 nitrogen and oxygen atoms in total. The largest absolute Gasteiger partial charge is 0.507 e. The molecule has 60 valence electrons. The van der Waals surface area contributed by atoms with Crippen LogP contribution in [0, 0.1) is 0 Å². The van der Waals surface area contributed by atoms with E-state index < -0.39 is 0 Å². The summed E-state index contributed by atoms with van der Waals surface area (Å²) in [5.41, 5.74) is 0.516. The average molecular weight is 178 g/mol. The van der Waals surface area contributed by atoms with Crippen molar-refractivity contribution in [3.63, 3.8) is 0 Å². The molecule has 0 fully saturated rings. The van der Waals surface area contributed by atoms with E-state index in [-0.39, 0.29) is 5.75 Å². The molecule has 0 saturated heterocycles. The van der Waals surface area contributed by atoms with Crippen molar-refractivity contribution in [2.24, 2.45) is 0 Å². The van der Waals surface area contributed by atoms with E-state index in [0.29, 0.717) is 5.56 Å². The van der Waals surface area contributed by atoms with Gasteiger partial charge in [0.05, 0.1) is 0 Å². The zero-order valence-electron chi connectivity index (χ0n) is 6.15. The number of aldehydes is 1. The van der Waals surface area contributed by atoms with Gasteiger partial charge in [-0.25, -0.2) is 0 Å². The van der Waals surface area contributed by atoms with Crippen LogP contribution in [-0.4, -0.2) is 11.4 Å². The van der Waals surface area contributed by atoms with E-state index in [0.717, 1.165) is 16.4 Å². The van der Waals surface area contributed by atoms with Crippen LogP contribution < -0.4 is 0 Å². The van der Waals surface area contributed by atoms with Crippen molar-refractivity contribution in [3.05, 3.63) is 29.1 Å². The Morgan fingerprint density at radius 3 is 3.00 bits per heavy atom. The number of carbonyl (C=O) groups is 1. The zero-order valence-corrected chi connectivity index (χ0v) is 6.97. The average Bonchev–Trinajstić information content (AvgIpc) is 2.52. The van der Waals surface area contributed by atoms with E-state index in [9.17, 15) is 9.90 Å². The summed E-state index contributed by atoms with van der Waals surface area (Å²) >= 11 is 1.51. The normalized spacial score (nSPS) is 10.3. The van der Waals surface area contributed by atoms with Crippen molar-refractivity contribution < 1.29 is 9.90 Å². The van der Waals surface area contributed by atoms with Crippen molar-refractivity contribution >= 4 is 27.7 Å². The van der Waals surface area contributed by atoms with Crippen LogP contribution in [0.4, 0.5) is 0 Å². The number of hydrogen-bond acceptors (Lipinski definition) is 3. The molecule has 1 aromatic heterocycles. The summed E-state index contributed by atoms with van der Waals surface area (Å²) in [5.74, 6) is 0.177. The van der Waals surface area contributed by atoms with Crippen molar-refractivity contribution in [2.75, 3.05) is 0 Å². The first-order chi connectivity index (χ1) is 5.81. The molecule has 0 aliphatic heterocycles. The zero-order chi connectivity index (χ0) is 8.55. The topological polar surface area (TPSA) is 37.3 Å². The lowest BCUT2D eigenvalue weighted by Crippen LogP contribution is -1.77. The number of thiophene rings is 1. The molecule has 0 bridgehead atoms. The van der Waals surface area contributed by atoms with E-state index in [2.05, 4.69) is 0 Å². The molecule has 0 spiro atoms. The Morgan fingerprint density at radius 1 is 1.42 bits per heavy atom. The second-order valence-electron chi connectivity index (χ2n) is 2.49. The molecule has 1 aromatic carbocycles. The molecule has 2 rings (SSSR count).